The first-order chi connectivity index (χ1) is 13.4. The van der Waals surface area contributed by atoms with Crippen molar-refractivity contribution in [3.63, 3.8) is 0 Å². The van der Waals surface area contributed by atoms with Crippen LogP contribution >= 0.6 is 23.2 Å². The van der Waals surface area contributed by atoms with Gasteiger partial charge in [0.2, 0.25) is 11.8 Å². The minimum Gasteiger partial charge on any atom is -0.385 e. The summed E-state index contributed by atoms with van der Waals surface area (Å²) in [6.07, 6.45) is 2.38. The van der Waals surface area contributed by atoms with Crippen LogP contribution in [-0.4, -0.2) is 68.6 Å². The van der Waals surface area contributed by atoms with E-state index < -0.39 is 0 Å². The molecule has 0 aromatic heterocycles. The Bertz CT molecular complexity index is 664. The second kappa shape index (κ2) is 11.6. The summed E-state index contributed by atoms with van der Waals surface area (Å²) >= 11 is 12.0. The number of carbonyl (C=O) groups is 2. The number of halogens is 2. The molecular formula is C20H29Cl2N3O3. The van der Waals surface area contributed by atoms with E-state index in [2.05, 4.69) is 10.2 Å². The number of piperidine rings is 1. The number of ether oxygens (including phenoxy) is 1. The highest BCUT2D eigenvalue weighted by molar-refractivity contribution is 6.42. The number of nitrogens with one attached hydrogen (secondary N) is 1. The van der Waals surface area contributed by atoms with Crippen LogP contribution in [0.25, 0.3) is 0 Å². The number of rotatable bonds is 9. The van der Waals surface area contributed by atoms with Gasteiger partial charge in [-0.25, -0.2) is 0 Å². The quantitative estimate of drug-likeness (QED) is 0.613. The van der Waals surface area contributed by atoms with Gasteiger partial charge < -0.3 is 15.0 Å². The van der Waals surface area contributed by atoms with E-state index in [1.54, 1.807) is 31.2 Å². The molecule has 0 saturated carbocycles. The summed E-state index contributed by atoms with van der Waals surface area (Å²) in [5.74, 6) is 0.190. The van der Waals surface area contributed by atoms with Gasteiger partial charge in [0.15, 0.2) is 0 Å². The first kappa shape index (κ1) is 22.9. The second-order valence-corrected chi connectivity index (χ2v) is 8.00. The molecule has 1 fully saturated rings. The number of hydrogen-bond acceptors (Lipinski definition) is 4. The monoisotopic (exact) mass is 429 g/mol. The number of methoxy groups -OCH3 is 1. The molecule has 1 saturated heterocycles. The van der Waals surface area contributed by atoms with Gasteiger partial charge >= 0.3 is 0 Å². The van der Waals surface area contributed by atoms with Crippen molar-refractivity contribution in [1.29, 1.82) is 0 Å². The molecule has 28 heavy (non-hydrogen) atoms. The molecule has 1 aromatic carbocycles. The summed E-state index contributed by atoms with van der Waals surface area (Å²) in [7, 11) is 3.44. The number of likely N-dealkylation sites (N-methyl/N-ethyl adjacent to an activating group) is 1. The molecule has 1 N–H and O–H groups in total. The summed E-state index contributed by atoms with van der Waals surface area (Å²) in [6.45, 7) is 3.64. The lowest BCUT2D eigenvalue weighted by molar-refractivity contribution is -0.132. The lowest BCUT2D eigenvalue weighted by atomic mass is 9.96. The highest BCUT2D eigenvalue weighted by atomic mass is 35.5. The summed E-state index contributed by atoms with van der Waals surface area (Å²) in [4.78, 5) is 28.5. The molecule has 1 aromatic rings. The molecule has 0 atom stereocenters. The van der Waals surface area contributed by atoms with E-state index in [4.69, 9.17) is 27.9 Å². The fraction of sp³-hybridized carbons (Fsp3) is 0.600. The molecule has 6 nitrogen and oxygen atoms in total. The van der Waals surface area contributed by atoms with Crippen LogP contribution in [0.2, 0.25) is 10.0 Å². The van der Waals surface area contributed by atoms with E-state index in [-0.39, 0.29) is 17.7 Å². The third kappa shape index (κ3) is 7.24. The number of benzene rings is 1. The summed E-state index contributed by atoms with van der Waals surface area (Å²) < 4.78 is 4.98. The molecule has 0 bridgehead atoms. The smallest absolute Gasteiger partial charge is 0.236 e. The number of nitrogens with zero attached hydrogens (tertiary/aromatic N) is 2. The van der Waals surface area contributed by atoms with Crippen molar-refractivity contribution in [3.8, 4) is 0 Å². The normalized spacial score (nSPS) is 15.4. The van der Waals surface area contributed by atoms with Crippen LogP contribution in [0.3, 0.4) is 0 Å². The van der Waals surface area contributed by atoms with Crippen LogP contribution in [0.1, 0.15) is 24.8 Å². The number of likely N-dealkylation sites (tertiary alicyclic amines) is 1. The van der Waals surface area contributed by atoms with Gasteiger partial charge in [0, 0.05) is 39.8 Å². The van der Waals surface area contributed by atoms with E-state index in [1.165, 1.54) is 0 Å². The highest BCUT2D eigenvalue weighted by Gasteiger charge is 2.26. The Hall–Kier alpha value is -1.34. The van der Waals surface area contributed by atoms with E-state index in [1.807, 2.05) is 6.07 Å². The van der Waals surface area contributed by atoms with Crippen molar-refractivity contribution in [2.45, 2.75) is 25.8 Å². The molecule has 2 rings (SSSR count). The number of amides is 2. The molecule has 0 radical (unpaired) electrons. The molecular weight excluding hydrogens is 401 g/mol. The zero-order valence-electron chi connectivity index (χ0n) is 16.5. The Balaban J connectivity index is 1.72. The third-order valence-corrected chi connectivity index (χ3v) is 5.71. The zero-order valence-corrected chi connectivity index (χ0v) is 18.1. The van der Waals surface area contributed by atoms with Crippen LogP contribution in [0.5, 0.6) is 0 Å². The maximum absolute atomic E-state index is 12.5. The van der Waals surface area contributed by atoms with Crippen molar-refractivity contribution in [3.05, 3.63) is 33.8 Å². The Labute approximate surface area is 177 Å². The van der Waals surface area contributed by atoms with Crippen molar-refractivity contribution in [2.75, 3.05) is 46.9 Å². The summed E-state index contributed by atoms with van der Waals surface area (Å²) in [6, 6.07) is 5.39. The van der Waals surface area contributed by atoms with E-state index in [0.717, 1.165) is 37.9 Å². The predicted molar refractivity (Wildman–Crippen MR) is 112 cm³/mol. The van der Waals surface area contributed by atoms with Gasteiger partial charge in [-0.3, -0.25) is 14.5 Å². The first-order valence-electron chi connectivity index (χ1n) is 9.57. The van der Waals surface area contributed by atoms with Gasteiger partial charge in [0.25, 0.3) is 0 Å². The Morgan fingerprint density at radius 1 is 1.25 bits per heavy atom. The topological polar surface area (TPSA) is 61.9 Å². The van der Waals surface area contributed by atoms with Gasteiger partial charge in [-0.2, -0.15) is 0 Å². The minimum atomic E-state index is 0.0304. The molecule has 0 aliphatic carbocycles. The summed E-state index contributed by atoms with van der Waals surface area (Å²) in [5.41, 5.74) is 0.939. The molecule has 8 heteroatoms. The lowest BCUT2D eigenvalue weighted by Crippen LogP contribution is -2.44. The van der Waals surface area contributed by atoms with Crippen molar-refractivity contribution in [2.24, 2.45) is 5.92 Å². The summed E-state index contributed by atoms with van der Waals surface area (Å²) in [5, 5.41) is 3.96. The van der Waals surface area contributed by atoms with Gasteiger partial charge in [-0.1, -0.05) is 29.3 Å². The van der Waals surface area contributed by atoms with Gasteiger partial charge in [-0.05, 0) is 50.0 Å². The molecule has 0 unspecified atom stereocenters. The largest absolute Gasteiger partial charge is 0.385 e. The fourth-order valence-corrected chi connectivity index (χ4v) is 3.56. The maximum Gasteiger partial charge on any atom is 0.236 e. The van der Waals surface area contributed by atoms with Crippen LogP contribution in [0, 0.1) is 5.92 Å². The van der Waals surface area contributed by atoms with E-state index in [0.29, 0.717) is 36.3 Å². The molecule has 1 aliphatic heterocycles. The van der Waals surface area contributed by atoms with Crippen LogP contribution in [-0.2, 0) is 20.9 Å². The standard InChI is InChI=1S/C20H29Cl2N3O3/c1-24(13-15-4-5-17(21)18(22)12-15)19(26)14-25-9-6-16(7-10-25)20(27)23-8-3-11-28-2/h4-5,12,16H,3,6-11,13-14H2,1-2H3,(H,23,27). The SMILES string of the molecule is COCCCNC(=O)C1CCN(CC(=O)N(C)Cc2ccc(Cl)c(Cl)c2)CC1. The fourth-order valence-electron chi connectivity index (χ4n) is 3.24. The third-order valence-electron chi connectivity index (χ3n) is 4.97. The Morgan fingerprint density at radius 3 is 2.61 bits per heavy atom. The maximum atomic E-state index is 12.5. The molecule has 2 amide bonds. The van der Waals surface area contributed by atoms with Crippen molar-refractivity contribution < 1.29 is 14.3 Å². The van der Waals surface area contributed by atoms with Crippen LogP contribution in [0.4, 0.5) is 0 Å². The average molecular weight is 430 g/mol. The van der Waals surface area contributed by atoms with E-state index >= 15 is 0 Å². The first-order valence-corrected chi connectivity index (χ1v) is 10.3. The van der Waals surface area contributed by atoms with Crippen LogP contribution in [0.15, 0.2) is 18.2 Å². The lowest BCUT2D eigenvalue weighted by Gasteiger charge is -2.32. The highest BCUT2D eigenvalue weighted by Crippen LogP contribution is 2.23. The van der Waals surface area contributed by atoms with Gasteiger partial charge in [0.1, 0.15) is 0 Å². The molecule has 1 aliphatic rings. The van der Waals surface area contributed by atoms with Crippen LogP contribution < -0.4 is 5.32 Å². The molecule has 156 valence electrons. The van der Waals surface area contributed by atoms with Crippen molar-refractivity contribution >= 4 is 35.0 Å². The average Bonchev–Trinajstić information content (AvgIpc) is 2.68. The molecule has 0 spiro atoms. The number of carbonyl (C=O) groups excluding carboxylic acids is 2. The number of hydrogen-bond donors (Lipinski definition) is 1. The van der Waals surface area contributed by atoms with Gasteiger partial charge in [0.05, 0.1) is 16.6 Å². The zero-order chi connectivity index (χ0) is 20.5. The second-order valence-electron chi connectivity index (χ2n) is 7.19. The Morgan fingerprint density at radius 2 is 1.96 bits per heavy atom. The van der Waals surface area contributed by atoms with E-state index in [9.17, 15) is 9.59 Å². The molecule has 1 heterocycles. The predicted octanol–water partition coefficient (Wildman–Crippen LogP) is 2.82. The van der Waals surface area contributed by atoms with Gasteiger partial charge in [-0.15, -0.1) is 0 Å². The minimum absolute atomic E-state index is 0.0304. The Kier molecular flexibility index (Phi) is 9.51. The van der Waals surface area contributed by atoms with Crippen molar-refractivity contribution in [1.82, 2.24) is 15.1 Å².